The number of nitrogens with one attached hydrogen (secondary N) is 1. The molecule has 7 nitrogen and oxygen atoms in total. The topological polar surface area (TPSA) is 72.3 Å². The van der Waals surface area contributed by atoms with Crippen molar-refractivity contribution in [1.82, 2.24) is 25.0 Å². The van der Waals surface area contributed by atoms with Crippen LogP contribution >= 0.6 is 0 Å². The van der Waals surface area contributed by atoms with Crippen LogP contribution < -0.4 is 10.1 Å². The molecule has 0 aliphatic carbocycles. The molecule has 0 spiro atoms. The Bertz CT molecular complexity index is 1020. The number of rotatable bonds is 2. The average Bonchev–Trinajstić information content (AvgIpc) is 3.09. The number of carbonyl (C=O) groups is 1. The molecule has 7 heteroatoms. The molecule has 2 aromatic carbocycles. The van der Waals surface area contributed by atoms with Gasteiger partial charge in [-0.05, 0) is 18.9 Å². The quantitative estimate of drug-likeness (QED) is 0.729. The molecule has 2 aliphatic rings. The Hall–Kier alpha value is -3.35. The lowest BCUT2D eigenvalue weighted by Gasteiger charge is -2.30. The molecule has 3 aromatic rings. The predicted molar refractivity (Wildman–Crippen MR) is 108 cm³/mol. The largest absolute Gasteiger partial charge is 0.493 e. The van der Waals surface area contributed by atoms with Crippen molar-refractivity contribution in [1.29, 1.82) is 0 Å². The fourth-order valence-electron chi connectivity index (χ4n) is 4.05. The fraction of sp³-hybridized carbons (Fsp3) is 0.318. The number of para-hydroxylation sites is 1. The molecular weight excluding hydrogens is 366 g/mol. The highest BCUT2D eigenvalue weighted by atomic mass is 16.5. The highest BCUT2D eigenvalue weighted by molar-refractivity contribution is 5.75. The minimum Gasteiger partial charge on any atom is -0.493 e. The van der Waals surface area contributed by atoms with Gasteiger partial charge in [0.25, 0.3) is 0 Å². The van der Waals surface area contributed by atoms with Crippen LogP contribution in [0.3, 0.4) is 0 Å². The maximum Gasteiger partial charge on any atom is 0.318 e. The molecule has 2 aliphatic heterocycles. The minimum absolute atomic E-state index is 0.0409. The van der Waals surface area contributed by atoms with E-state index >= 15 is 0 Å². The first kappa shape index (κ1) is 17.7. The summed E-state index contributed by atoms with van der Waals surface area (Å²) in [7, 11) is 0. The first-order chi connectivity index (χ1) is 14.3. The monoisotopic (exact) mass is 389 g/mol. The zero-order chi connectivity index (χ0) is 19.6. The lowest BCUT2D eigenvalue weighted by Crippen LogP contribution is -2.45. The third-order valence-electron chi connectivity index (χ3n) is 5.56. The van der Waals surface area contributed by atoms with Crippen LogP contribution in [0, 0.1) is 0 Å². The third-order valence-corrected chi connectivity index (χ3v) is 5.56. The van der Waals surface area contributed by atoms with Gasteiger partial charge in [0.2, 0.25) is 0 Å². The normalized spacial score (nSPS) is 18.2. The van der Waals surface area contributed by atoms with E-state index in [1.54, 1.807) is 0 Å². The molecule has 1 unspecified atom stereocenters. The van der Waals surface area contributed by atoms with Gasteiger partial charge in [0.1, 0.15) is 5.75 Å². The standard InChI is InChI=1S/C22H23N5O2/c28-22(23-18-10-6-14-29-19-11-5-4-9-17(18)19)26-12-13-27-20(15-26)24-25-21(27)16-7-2-1-3-8-16/h1-5,7-9,11,18H,6,10,12-15H2,(H,23,28). The molecule has 0 radical (unpaired) electrons. The summed E-state index contributed by atoms with van der Waals surface area (Å²) in [5.74, 6) is 2.53. The van der Waals surface area contributed by atoms with Crippen molar-refractivity contribution < 1.29 is 9.53 Å². The minimum atomic E-state index is -0.0674. The van der Waals surface area contributed by atoms with Crippen LogP contribution in [0.5, 0.6) is 5.75 Å². The van der Waals surface area contributed by atoms with Gasteiger partial charge >= 0.3 is 6.03 Å². The van der Waals surface area contributed by atoms with E-state index in [4.69, 9.17) is 4.74 Å². The molecule has 0 saturated heterocycles. The zero-order valence-electron chi connectivity index (χ0n) is 16.1. The summed E-state index contributed by atoms with van der Waals surface area (Å²) in [6.07, 6.45) is 1.78. The molecule has 1 aromatic heterocycles. The molecule has 3 heterocycles. The van der Waals surface area contributed by atoms with Crippen LogP contribution in [0.2, 0.25) is 0 Å². The van der Waals surface area contributed by atoms with Crippen LogP contribution in [0.15, 0.2) is 54.6 Å². The number of ether oxygens (including phenoxy) is 1. The summed E-state index contributed by atoms with van der Waals surface area (Å²) < 4.78 is 7.92. The van der Waals surface area contributed by atoms with E-state index in [-0.39, 0.29) is 12.1 Å². The van der Waals surface area contributed by atoms with E-state index in [1.165, 1.54) is 0 Å². The highest BCUT2D eigenvalue weighted by Crippen LogP contribution is 2.31. The molecule has 5 rings (SSSR count). The van der Waals surface area contributed by atoms with E-state index in [1.807, 2.05) is 59.5 Å². The molecule has 2 amide bonds. The molecule has 29 heavy (non-hydrogen) atoms. The number of nitrogens with zero attached hydrogens (tertiary/aromatic N) is 4. The Labute approximate surface area is 169 Å². The first-order valence-corrected chi connectivity index (χ1v) is 10.0. The number of carbonyl (C=O) groups excluding carboxylic acids is 1. The Kier molecular flexibility index (Phi) is 4.63. The van der Waals surface area contributed by atoms with Gasteiger partial charge < -0.3 is 19.5 Å². The van der Waals surface area contributed by atoms with Crippen molar-refractivity contribution in [3.05, 3.63) is 66.0 Å². The van der Waals surface area contributed by atoms with Crippen molar-refractivity contribution in [2.75, 3.05) is 13.2 Å². The lowest BCUT2D eigenvalue weighted by molar-refractivity contribution is 0.178. The van der Waals surface area contributed by atoms with Crippen molar-refractivity contribution in [3.8, 4) is 17.1 Å². The first-order valence-electron chi connectivity index (χ1n) is 10.0. The van der Waals surface area contributed by atoms with E-state index in [0.29, 0.717) is 26.2 Å². The SMILES string of the molecule is O=C(NC1CCCOc2ccccc21)N1CCn2c(nnc2-c2ccccc2)C1. The Balaban J connectivity index is 1.31. The number of fused-ring (bicyclic) bond motifs is 2. The smallest absolute Gasteiger partial charge is 0.318 e. The van der Waals surface area contributed by atoms with Gasteiger partial charge in [-0.25, -0.2) is 4.79 Å². The van der Waals surface area contributed by atoms with Crippen LogP contribution in [0.1, 0.15) is 30.3 Å². The Morgan fingerprint density at radius 2 is 1.86 bits per heavy atom. The van der Waals surface area contributed by atoms with Crippen LogP contribution in [-0.2, 0) is 13.1 Å². The number of hydrogen-bond acceptors (Lipinski definition) is 4. The van der Waals surface area contributed by atoms with Crippen molar-refractivity contribution in [2.45, 2.75) is 32.0 Å². The van der Waals surface area contributed by atoms with Gasteiger partial charge in [-0.2, -0.15) is 0 Å². The number of aromatic nitrogens is 3. The summed E-state index contributed by atoms with van der Waals surface area (Å²) >= 11 is 0. The van der Waals surface area contributed by atoms with Gasteiger partial charge in [0.05, 0.1) is 19.2 Å². The second kappa shape index (κ2) is 7.58. The summed E-state index contributed by atoms with van der Waals surface area (Å²) in [5, 5.41) is 11.9. The second-order valence-corrected chi connectivity index (χ2v) is 7.41. The van der Waals surface area contributed by atoms with E-state index < -0.39 is 0 Å². The van der Waals surface area contributed by atoms with Gasteiger partial charge in [-0.15, -0.1) is 10.2 Å². The lowest BCUT2D eigenvalue weighted by atomic mass is 10.0. The van der Waals surface area contributed by atoms with Gasteiger partial charge in [-0.1, -0.05) is 48.5 Å². The maximum atomic E-state index is 13.0. The maximum absolute atomic E-state index is 13.0. The molecule has 0 fully saturated rings. The second-order valence-electron chi connectivity index (χ2n) is 7.41. The average molecular weight is 389 g/mol. The Morgan fingerprint density at radius 3 is 2.76 bits per heavy atom. The van der Waals surface area contributed by atoms with Crippen LogP contribution in [0.25, 0.3) is 11.4 Å². The van der Waals surface area contributed by atoms with E-state index in [0.717, 1.165) is 41.4 Å². The predicted octanol–water partition coefficient (Wildman–Crippen LogP) is 3.38. The van der Waals surface area contributed by atoms with Gasteiger partial charge in [0.15, 0.2) is 11.6 Å². The van der Waals surface area contributed by atoms with Crippen molar-refractivity contribution >= 4 is 6.03 Å². The number of urea groups is 1. The third kappa shape index (κ3) is 3.44. The molecule has 1 atom stereocenters. The number of hydrogen-bond donors (Lipinski definition) is 1. The van der Waals surface area contributed by atoms with Crippen molar-refractivity contribution in [3.63, 3.8) is 0 Å². The molecule has 148 valence electrons. The summed E-state index contributed by atoms with van der Waals surface area (Å²) in [5.41, 5.74) is 2.09. The summed E-state index contributed by atoms with van der Waals surface area (Å²) in [6.45, 7) is 2.45. The molecule has 0 bridgehead atoms. The molecule has 1 N–H and O–H groups in total. The summed E-state index contributed by atoms with van der Waals surface area (Å²) in [6, 6.07) is 17.9. The molecule has 0 saturated carbocycles. The number of benzene rings is 2. The van der Waals surface area contributed by atoms with Crippen LogP contribution in [-0.4, -0.2) is 38.8 Å². The summed E-state index contributed by atoms with van der Waals surface area (Å²) in [4.78, 5) is 14.8. The van der Waals surface area contributed by atoms with Gasteiger partial charge in [-0.3, -0.25) is 0 Å². The highest BCUT2D eigenvalue weighted by Gasteiger charge is 2.28. The van der Waals surface area contributed by atoms with E-state index in [9.17, 15) is 4.79 Å². The van der Waals surface area contributed by atoms with Crippen LogP contribution in [0.4, 0.5) is 4.79 Å². The fourth-order valence-corrected chi connectivity index (χ4v) is 4.05. The Morgan fingerprint density at radius 1 is 1.03 bits per heavy atom. The molecular formula is C22H23N5O2. The number of amides is 2. The zero-order valence-corrected chi connectivity index (χ0v) is 16.1. The van der Waals surface area contributed by atoms with Crippen molar-refractivity contribution in [2.24, 2.45) is 0 Å². The van der Waals surface area contributed by atoms with E-state index in [2.05, 4.69) is 20.1 Å². The van der Waals surface area contributed by atoms with Gasteiger partial charge in [0, 0.05) is 24.2 Å².